The maximum absolute atomic E-state index is 12.5. The molecule has 0 spiro atoms. The number of amides is 2. The van der Waals surface area contributed by atoms with Crippen molar-refractivity contribution in [1.82, 2.24) is 9.21 Å². The molecule has 9 heteroatoms. The summed E-state index contributed by atoms with van der Waals surface area (Å²) in [4.78, 5) is 26.5. The van der Waals surface area contributed by atoms with Crippen molar-refractivity contribution in [3.05, 3.63) is 47.8 Å². The molecule has 28 heavy (non-hydrogen) atoms. The number of likely N-dealkylation sites (tertiary alicyclic amines) is 1. The Balaban J connectivity index is 1.50. The third kappa shape index (κ3) is 4.78. The van der Waals surface area contributed by atoms with Gasteiger partial charge in [0.2, 0.25) is 11.8 Å². The molecule has 1 N–H and O–H groups in total. The Hall–Kier alpha value is -2.23. The highest BCUT2D eigenvalue weighted by molar-refractivity contribution is 7.91. The molecular weight excluding hydrogens is 398 g/mol. The van der Waals surface area contributed by atoms with Crippen LogP contribution in [0.4, 0.5) is 5.69 Å². The molecule has 0 aliphatic carbocycles. The highest BCUT2D eigenvalue weighted by Gasteiger charge is 2.30. The molecule has 2 aromatic rings. The summed E-state index contributed by atoms with van der Waals surface area (Å²) in [5.41, 5.74) is 0.756. The van der Waals surface area contributed by atoms with Crippen LogP contribution < -0.4 is 5.32 Å². The van der Waals surface area contributed by atoms with Crippen molar-refractivity contribution in [3.8, 4) is 0 Å². The minimum Gasteiger partial charge on any atom is -0.342 e. The molecule has 1 aliphatic rings. The standard InChI is InChI=1S/C19H23N3O4S2/c1-21(28(25,26)18-8-5-13-27-18)14-17(23)22-11-9-15(10-12-22)19(24)20-16-6-3-2-4-7-16/h2-8,13,15H,9-12,14H2,1H3,(H,20,24). The monoisotopic (exact) mass is 421 g/mol. The van der Waals surface area contributed by atoms with Gasteiger partial charge in [-0.2, -0.15) is 4.31 Å². The molecule has 0 atom stereocenters. The van der Waals surface area contributed by atoms with E-state index in [1.165, 1.54) is 13.1 Å². The second-order valence-electron chi connectivity index (χ2n) is 6.70. The van der Waals surface area contributed by atoms with Crippen molar-refractivity contribution in [2.24, 2.45) is 5.92 Å². The van der Waals surface area contributed by atoms with Crippen LogP contribution in [0.5, 0.6) is 0 Å². The number of benzene rings is 1. The number of para-hydroxylation sites is 1. The van der Waals surface area contributed by atoms with Gasteiger partial charge in [-0.1, -0.05) is 24.3 Å². The van der Waals surface area contributed by atoms with Gasteiger partial charge < -0.3 is 10.2 Å². The van der Waals surface area contributed by atoms with Crippen LogP contribution in [0, 0.1) is 5.92 Å². The van der Waals surface area contributed by atoms with Gasteiger partial charge in [-0.05, 0) is 36.4 Å². The fraction of sp³-hybridized carbons (Fsp3) is 0.368. The van der Waals surface area contributed by atoms with Crippen LogP contribution in [0.15, 0.2) is 52.1 Å². The van der Waals surface area contributed by atoms with Crippen molar-refractivity contribution in [2.45, 2.75) is 17.1 Å². The summed E-state index contributed by atoms with van der Waals surface area (Å²) in [7, 11) is -2.24. The number of hydrogen-bond acceptors (Lipinski definition) is 5. The van der Waals surface area contributed by atoms with E-state index in [4.69, 9.17) is 0 Å². The van der Waals surface area contributed by atoms with E-state index < -0.39 is 10.0 Å². The van der Waals surface area contributed by atoms with Gasteiger partial charge in [0.15, 0.2) is 0 Å². The minimum absolute atomic E-state index is 0.0457. The zero-order chi connectivity index (χ0) is 20.1. The fourth-order valence-electron chi connectivity index (χ4n) is 3.10. The van der Waals surface area contributed by atoms with Crippen LogP contribution >= 0.6 is 11.3 Å². The molecule has 0 unspecified atom stereocenters. The summed E-state index contributed by atoms with van der Waals surface area (Å²) in [5.74, 6) is -0.447. The van der Waals surface area contributed by atoms with Crippen molar-refractivity contribution in [3.63, 3.8) is 0 Å². The van der Waals surface area contributed by atoms with Gasteiger partial charge in [0.1, 0.15) is 4.21 Å². The number of carbonyl (C=O) groups is 2. The van der Waals surface area contributed by atoms with Gasteiger partial charge in [0.25, 0.3) is 10.0 Å². The largest absolute Gasteiger partial charge is 0.342 e. The number of likely N-dealkylation sites (N-methyl/N-ethyl adjacent to an activating group) is 1. The fourth-order valence-corrected chi connectivity index (χ4v) is 5.42. The lowest BCUT2D eigenvalue weighted by atomic mass is 9.95. The topological polar surface area (TPSA) is 86.8 Å². The number of nitrogens with zero attached hydrogens (tertiary/aromatic N) is 2. The molecule has 1 aromatic carbocycles. The summed E-state index contributed by atoms with van der Waals surface area (Å²) in [6.45, 7) is 0.679. The van der Waals surface area contributed by atoms with Gasteiger partial charge in [0, 0.05) is 31.7 Å². The average molecular weight is 422 g/mol. The zero-order valence-electron chi connectivity index (χ0n) is 15.6. The maximum Gasteiger partial charge on any atom is 0.252 e. The number of nitrogens with one attached hydrogen (secondary N) is 1. The lowest BCUT2D eigenvalue weighted by molar-refractivity contribution is -0.134. The Morgan fingerprint density at radius 1 is 1.14 bits per heavy atom. The summed E-state index contributed by atoms with van der Waals surface area (Å²) < 4.78 is 26.2. The predicted molar refractivity (Wildman–Crippen MR) is 109 cm³/mol. The second-order valence-corrected chi connectivity index (χ2v) is 9.92. The number of thiophene rings is 1. The third-order valence-corrected chi connectivity index (χ3v) is 7.95. The van der Waals surface area contributed by atoms with E-state index >= 15 is 0 Å². The first-order chi connectivity index (χ1) is 13.4. The number of rotatable bonds is 6. The smallest absolute Gasteiger partial charge is 0.252 e. The Labute approximate surface area is 169 Å². The van der Waals surface area contributed by atoms with E-state index in [1.54, 1.807) is 16.3 Å². The van der Waals surface area contributed by atoms with E-state index in [2.05, 4.69) is 5.32 Å². The van der Waals surface area contributed by atoms with Crippen molar-refractivity contribution in [2.75, 3.05) is 32.0 Å². The lowest BCUT2D eigenvalue weighted by Gasteiger charge is -2.32. The number of anilines is 1. The van der Waals surface area contributed by atoms with E-state index in [1.807, 2.05) is 30.3 Å². The summed E-state index contributed by atoms with van der Waals surface area (Å²) in [5, 5.41) is 4.58. The molecule has 0 saturated carbocycles. The van der Waals surface area contributed by atoms with Crippen LogP contribution in [0.1, 0.15) is 12.8 Å². The molecule has 1 saturated heterocycles. The zero-order valence-corrected chi connectivity index (χ0v) is 17.2. The lowest BCUT2D eigenvalue weighted by Crippen LogP contribution is -2.46. The number of carbonyl (C=O) groups excluding carboxylic acids is 2. The van der Waals surface area contributed by atoms with E-state index in [9.17, 15) is 18.0 Å². The van der Waals surface area contributed by atoms with E-state index in [0.717, 1.165) is 21.3 Å². The molecule has 2 amide bonds. The SMILES string of the molecule is CN(CC(=O)N1CCC(C(=O)Nc2ccccc2)CC1)S(=O)(=O)c1cccs1. The van der Waals surface area contributed by atoms with Crippen LogP contribution in [0.2, 0.25) is 0 Å². The number of sulfonamides is 1. The Morgan fingerprint density at radius 2 is 1.82 bits per heavy atom. The molecule has 0 radical (unpaired) electrons. The minimum atomic E-state index is -3.65. The molecule has 0 bridgehead atoms. The van der Waals surface area contributed by atoms with Gasteiger partial charge >= 0.3 is 0 Å². The highest BCUT2D eigenvalue weighted by atomic mass is 32.2. The first-order valence-corrected chi connectivity index (χ1v) is 11.3. The molecule has 1 aromatic heterocycles. The van der Waals surface area contributed by atoms with Gasteiger partial charge in [0.05, 0.1) is 6.54 Å². The van der Waals surface area contributed by atoms with Crippen LogP contribution in [-0.2, 0) is 19.6 Å². The summed E-state index contributed by atoms with van der Waals surface area (Å²) >= 11 is 1.13. The normalized spacial score (nSPS) is 15.6. The van der Waals surface area contributed by atoms with Gasteiger partial charge in [-0.3, -0.25) is 9.59 Å². The first-order valence-electron chi connectivity index (χ1n) is 9.01. The van der Waals surface area contributed by atoms with Gasteiger partial charge in [-0.15, -0.1) is 11.3 Å². The highest BCUT2D eigenvalue weighted by Crippen LogP contribution is 2.22. The molecule has 150 valence electrons. The van der Waals surface area contributed by atoms with Crippen LogP contribution in [0.25, 0.3) is 0 Å². The summed E-state index contributed by atoms with van der Waals surface area (Å²) in [6.07, 6.45) is 1.12. The Bertz CT molecular complexity index is 906. The quantitative estimate of drug-likeness (QED) is 0.775. The van der Waals surface area contributed by atoms with E-state index in [-0.39, 0.29) is 28.5 Å². The average Bonchev–Trinajstić information content (AvgIpc) is 3.24. The third-order valence-electron chi connectivity index (χ3n) is 4.78. The van der Waals surface area contributed by atoms with Crippen molar-refractivity contribution in [1.29, 1.82) is 0 Å². The molecular formula is C19H23N3O4S2. The first kappa shape index (κ1) is 20.5. The van der Waals surface area contributed by atoms with Gasteiger partial charge in [-0.25, -0.2) is 8.42 Å². The number of piperidine rings is 1. The summed E-state index contributed by atoms with van der Waals surface area (Å²) in [6, 6.07) is 12.5. The molecule has 1 fully saturated rings. The number of hydrogen-bond donors (Lipinski definition) is 1. The Morgan fingerprint density at radius 3 is 2.43 bits per heavy atom. The molecule has 3 rings (SSSR count). The van der Waals surface area contributed by atoms with Crippen LogP contribution in [0.3, 0.4) is 0 Å². The molecule has 1 aliphatic heterocycles. The second kappa shape index (κ2) is 8.85. The Kier molecular flexibility index (Phi) is 6.48. The predicted octanol–water partition coefficient (Wildman–Crippen LogP) is 2.25. The van der Waals surface area contributed by atoms with Crippen molar-refractivity contribution < 1.29 is 18.0 Å². The van der Waals surface area contributed by atoms with Crippen LogP contribution in [-0.4, -0.2) is 56.1 Å². The maximum atomic E-state index is 12.5. The molecule has 2 heterocycles. The molecule has 7 nitrogen and oxygen atoms in total. The van der Waals surface area contributed by atoms with E-state index in [0.29, 0.717) is 25.9 Å². The van der Waals surface area contributed by atoms with Crippen molar-refractivity contribution >= 4 is 38.9 Å².